The third kappa shape index (κ3) is 2.21. The van der Waals surface area contributed by atoms with Crippen LogP contribution in [0.15, 0.2) is 0 Å². The van der Waals surface area contributed by atoms with Gasteiger partial charge in [0.1, 0.15) is 11.7 Å². The summed E-state index contributed by atoms with van der Waals surface area (Å²) in [6.07, 6.45) is -0.215. The molecule has 0 spiro atoms. The molecule has 0 aliphatic carbocycles. The van der Waals surface area contributed by atoms with Crippen LogP contribution in [0.5, 0.6) is 6.01 Å². The number of nitrogen functional groups attached to an aromatic ring is 1. The number of H-pyrrole nitrogens is 1. The van der Waals surface area contributed by atoms with Crippen LogP contribution in [-0.2, 0) is 4.74 Å². The summed E-state index contributed by atoms with van der Waals surface area (Å²) in [5.74, 6) is 0.662. The lowest BCUT2D eigenvalue weighted by atomic mass is 10.5. The van der Waals surface area contributed by atoms with E-state index < -0.39 is 0 Å². The molecular weight excluding hydrogens is 224 g/mol. The van der Waals surface area contributed by atoms with Crippen molar-refractivity contribution >= 4 is 22.9 Å². The first kappa shape index (κ1) is 11.4. The number of anilines is 2. The fraction of sp³-hybridized carbons (Fsp3) is 0.444. The molecule has 8 heteroatoms. The molecule has 1 atom stereocenters. The van der Waals surface area contributed by atoms with Crippen molar-refractivity contribution in [1.29, 1.82) is 0 Å². The van der Waals surface area contributed by atoms with Gasteiger partial charge in [0.05, 0.1) is 7.11 Å². The number of aromatic amines is 1. The van der Waals surface area contributed by atoms with Crippen LogP contribution in [0, 0.1) is 0 Å². The van der Waals surface area contributed by atoms with Gasteiger partial charge in [0, 0.05) is 7.11 Å². The molecule has 0 bridgehead atoms. The lowest BCUT2D eigenvalue weighted by Crippen LogP contribution is -2.19. The molecule has 92 valence electrons. The van der Waals surface area contributed by atoms with Crippen LogP contribution in [-0.4, -0.2) is 40.4 Å². The number of methoxy groups -OCH3 is 2. The van der Waals surface area contributed by atoms with E-state index in [1.54, 1.807) is 7.11 Å². The number of nitrogens with one attached hydrogen (secondary N) is 2. The van der Waals surface area contributed by atoms with Crippen molar-refractivity contribution in [2.45, 2.75) is 13.2 Å². The molecule has 0 fully saturated rings. The SMILES string of the molecule is COc1nc2nc(NC(C)OC)nc(N)c2[nH]1. The molecule has 4 N–H and O–H groups in total. The van der Waals surface area contributed by atoms with Crippen LogP contribution in [0.2, 0.25) is 0 Å². The molecule has 1 unspecified atom stereocenters. The van der Waals surface area contributed by atoms with E-state index in [0.29, 0.717) is 28.9 Å². The zero-order valence-electron chi connectivity index (χ0n) is 9.81. The van der Waals surface area contributed by atoms with E-state index in [1.807, 2.05) is 6.92 Å². The Morgan fingerprint density at radius 1 is 1.29 bits per heavy atom. The Morgan fingerprint density at radius 2 is 2.06 bits per heavy atom. The van der Waals surface area contributed by atoms with E-state index in [0.717, 1.165) is 0 Å². The number of hydrogen-bond acceptors (Lipinski definition) is 7. The number of fused-ring (bicyclic) bond motifs is 1. The number of imidazole rings is 1. The second-order valence-electron chi connectivity index (χ2n) is 3.40. The Kier molecular flexibility index (Phi) is 2.96. The van der Waals surface area contributed by atoms with Crippen molar-refractivity contribution < 1.29 is 9.47 Å². The van der Waals surface area contributed by atoms with Gasteiger partial charge in [-0.05, 0) is 6.92 Å². The molecule has 2 heterocycles. The van der Waals surface area contributed by atoms with Gasteiger partial charge >= 0.3 is 0 Å². The van der Waals surface area contributed by atoms with Gasteiger partial charge in [-0.2, -0.15) is 15.0 Å². The Hall–Kier alpha value is -2.09. The second kappa shape index (κ2) is 4.42. The first-order valence-corrected chi connectivity index (χ1v) is 5.00. The van der Waals surface area contributed by atoms with Crippen molar-refractivity contribution in [3.05, 3.63) is 0 Å². The predicted octanol–water partition coefficient (Wildman–Crippen LogP) is 0.348. The molecule has 0 aliphatic rings. The summed E-state index contributed by atoms with van der Waals surface area (Å²) in [6.45, 7) is 1.83. The van der Waals surface area contributed by atoms with E-state index in [9.17, 15) is 0 Å². The van der Waals surface area contributed by atoms with E-state index in [-0.39, 0.29) is 6.23 Å². The minimum Gasteiger partial charge on any atom is -0.468 e. The first-order valence-electron chi connectivity index (χ1n) is 5.00. The molecule has 17 heavy (non-hydrogen) atoms. The van der Waals surface area contributed by atoms with Crippen molar-refractivity contribution in [2.75, 3.05) is 25.3 Å². The van der Waals surface area contributed by atoms with Crippen LogP contribution in [0.25, 0.3) is 11.2 Å². The molecule has 2 aromatic heterocycles. The van der Waals surface area contributed by atoms with Crippen LogP contribution in [0.1, 0.15) is 6.92 Å². The van der Waals surface area contributed by atoms with Crippen LogP contribution in [0.3, 0.4) is 0 Å². The van der Waals surface area contributed by atoms with E-state index in [1.165, 1.54) is 7.11 Å². The third-order valence-electron chi connectivity index (χ3n) is 2.24. The van der Waals surface area contributed by atoms with Crippen molar-refractivity contribution in [2.24, 2.45) is 0 Å². The maximum Gasteiger partial charge on any atom is 0.295 e. The second-order valence-corrected chi connectivity index (χ2v) is 3.40. The number of ether oxygens (including phenoxy) is 2. The number of hydrogen-bond donors (Lipinski definition) is 3. The average molecular weight is 238 g/mol. The lowest BCUT2D eigenvalue weighted by Gasteiger charge is -2.11. The van der Waals surface area contributed by atoms with Gasteiger partial charge in [0.25, 0.3) is 6.01 Å². The van der Waals surface area contributed by atoms with Gasteiger partial charge in [-0.25, -0.2) is 0 Å². The summed E-state index contributed by atoms with van der Waals surface area (Å²) < 4.78 is 10.0. The van der Waals surface area contributed by atoms with Crippen LogP contribution >= 0.6 is 0 Å². The molecule has 8 nitrogen and oxygen atoms in total. The standard InChI is InChI=1S/C9H14N6O2/c1-4(16-2)11-8-13-6(10)5-7(14-8)15-9(12-5)17-3/h4H,1-3H3,(H4,10,11,12,13,14,15). The summed E-state index contributed by atoms with van der Waals surface area (Å²) in [7, 11) is 3.09. The highest BCUT2D eigenvalue weighted by Gasteiger charge is 2.11. The van der Waals surface area contributed by atoms with Gasteiger partial charge < -0.3 is 25.5 Å². The zero-order valence-corrected chi connectivity index (χ0v) is 9.81. The van der Waals surface area contributed by atoms with E-state index in [2.05, 4.69) is 25.3 Å². The first-order chi connectivity index (χ1) is 8.13. The highest BCUT2D eigenvalue weighted by Crippen LogP contribution is 2.20. The summed E-state index contributed by atoms with van der Waals surface area (Å²) >= 11 is 0. The van der Waals surface area contributed by atoms with Gasteiger partial charge in [-0.3, -0.25) is 0 Å². The Labute approximate surface area is 97.6 Å². The zero-order chi connectivity index (χ0) is 12.4. The minimum absolute atomic E-state index is 0.215. The van der Waals surface area contributed by atoms with Crippen molar-refractivity contribution in [3.8, 4) is 6.01 Å². The third-order valence-corrected chi connectivity index (χ3v) is 2.24. The largest absolute Gasteiger partial charge is 0.468 e. The average Bonchev–Trinajstić information content (AvgIpc) is 2.72. The molecule has 0 aliphatic heterocycles. The van der Waals surface area contributed by atoms with E-state index >= 15 is 0 Å². The molecule has 0 saturated carbocycles. The maximum absolute atomic E-state index is 5.78. The quantitative estimate of drug-likeness (QED) is 0.659. The molecule has 0 amide bonds. The lowest BCUT2D eigenvalue weighted by molar-refractivity contribution is 0.140. The monoisotopic (exact) mass is 238 g/mol. The number of aromatic nitrogens is 4. The normalized spacial score (nSPS) is 12.6. The van der Waals surface area contributed by atoms with Gasteiger partial charge in [-0.15, -0.1) is 0 Å². The van der Waals surface area contributed by atoms with Gasteiger partial charge in [0.2, 0.25) is 5.95 Å². The summed E-state index contributed by atoms with van der Waals surface area (Å²) in [4.78, 5) is 15.2. The van der Waals surface area contributed by atoms with Crippen molar-refractivity contribution in [3.63, 3.8) is 0 Å². The molecule has 0 radical (unpaired) electrons. The fourth-order valence-electron chi connectivity index (χ4n) is 1.30. The van der Waals surface area contributed by atoms with E-state index in [4.69, 9.17) is 15.2 Å². The maximum atomic E-state index is 5.78. The number of nitrogens with zero attached hydrogens (tertiary/aromatic N) is 3. The Balaban J connectivity index is 2.40. The predicted molar refractivity (Wildman–Crippen MR) is 62.7 cm³/mol. The molecular formula is C9H14N6O2. The Bertz CT molecular complexity index is 525. The fourth-order valence-corrected chi connectivity index (χ4v) is 1.30. The summed E-state index contributed by atoms with van der Waals surface area (Å²) in [5.41, 5.74) is 6.78. The summed E-state index contributed by atoms with van der Waals surface area (Å²) in [5, 5.41) is 2.93. The molecule has 2 rings (SSSR count). The van der Waals surface area contributed by atoms with Gasteiger partial charge in [0.15, 0.2) is 11.5 Å². The van der Waals surface area contributed by atoms with Crippen molar-refractivity contribution in [1.82, 2.24) is 19.9 Å². The smallest absolute Gasteiger partial charge is 0.295 e. The number of nitrogens with two attached hydrogens (primary N) is 1. The highest BCUT2D eigenvalue weighted by atomic mass is 16.5. The van der Waals surface area contributed by atoms with Gasteiger partial charge in [-0.1, -0.05) is 0 Å². The number of rotatable bonds is 4. The summed E-state index contributed by atoms with van der Waals surface area (Å²) in [6, 6.07) is 0.345. The molecule has 0 saturated heterocycles. The molecule has 0 aromatic carbocycles. The van der Waals surface area contributed by atoms with Crippen LogP contribution in [0.4, 0.5) is 11.8 Å². The minimum atomic E-state index is -0.215. The molecule has 2 aromatic rings. The topological polar surface area (TPSA) is 111 Å². The van der Waals surface area contributed by atoms with Crippen LogP contribution < -0.4 is 15.8 Å². The highest BCUT2D eigenvalue weighted by molar-refractivity contribution is 5.83. The Morgan fingerprint density at radius 3 is 2.71 bits per heavy atom.